The number of nitriles is 1. The second-order valence-electron chi connectivity index (χ2n) is 8.08. The molecule has 5 nitrogen and oxygen atoms in total. The van der Waals surface area contributed by atoms with Crippen LogP contribution >= 0.6 is 0 Å². The second-order valence-corrected chi connectivity index (χ2v) is 8.08. The minimum absolute atomic E-state index is 0.526. The fourth-order valence-electron chi connectivity index (χ4n) is 4.15. The van der Waals surface area contributed by atoms with Crippen LogP contribution in [0.1, 0.15) is 22.3 Å². The number of benzene rings is 3. The molecule has 0 saturated heterocycles. The maximum absolute atomic E-state index is 10.1. The van der Waals surface area contributed by atoms with Crippen molar-refractivity contribution >= 4 is 28.8 Å². The third-order valence-electron chi connectivity index (χ3n) is 5.89. The van der Waals surface area contributed by atoms with E-state index in [1.165, 1.54) is 5.56 Å². The summed E-state index contributed by atoms with van der Waals surface area (Å²) in [7, 11) is 3.25. The first-order valence-electron chi connectivity index (χ1n) is 10.9. The molecule has 0 N–H and O–H groups in total. The highest BCUT2D eigenvalue weighted by Crippen LogP contribution is 2.32. The first-order valence-corrected chi connectivity index (χ1v) is 10.9. The van der Waals surface area contributed by atoms with E-state index in [0.717, 1.165) is 33.4 Å². The average Bonchev–Trinajstić information content (AvgIpc) is 3.26. The Balaban J connectivity index is 1.76. The van der Waals surface area contributed by atoms with Gasteiger partial charge in [0.1, 0.15) is 23.1 Å². The van der Waals surface area contributed by atoms with Crippen LogP contribution in [0.4, 0.5) is 0 Å². The molecule has 3 aromatic carbocycles. The van der Waals surface area contributed by atoms with E-state index in [2.05, 4.69) is 47.7 Å². The highest BCUT2D eigenvalue weighted by atomic mass is 16.5. The van der Waals surface area contributed by atoms with Gasteiger partial charge in [-0.05, 0) is 53.9 Å². The van der Waals surface area contributed by atoms with E-state index in [1.807, 2.05) is 54.6 Å². The summed E-state index contributed by atoms with van der Waals surface area (Å²) in [4.78, 5) is 4.83. The fraction of sp³-hybridized carbons (Fsp3) is 0.103. The molecule has 0 radical (unpaired) electrons. The fourth-order valence-corrected chi connectivity index (χ4v) is 4.15. The van der Waals surface area contributed by atoms with Crippen molar-refractivity contribution in [3.05, 3.63) is 95.1 Å². The van der Waals surface area contributed by atoms with Crippen LogP contribution in [0.3, 0.4) is 0 Å². The maximum Gasteiger partial charge on any atom is 0.157 e. The number of para-hydroxylation sites is 2. The van der Waals surface area contributed by atoms with Crippen LogP contribution in [0.2, 0.25) is 0 Å². The molecule has 0 aliphatic carbocycles. The van der Waals surface area contributed by atoms with Crippen molar-refractivity contribution in [3.63, 3.8) is 0 Å². The van der Waals surface area contributed by atoms with Gasteiger partial charge >= 0.3 is 0 Å². The molecule has 0 unspecified atom stereocenters. The van der Waals surface area contributed by atoms with Gasteiger partial charge in [0.25, 0.3) is 0 Å². The molecule has 5 heteroatoms. The van der Waals surface area contributed by atoms with Crippen molar-refractivity contribution in [1.82, 2.24) is 9.38 Å². The molecule has 0 fully saturated rings. The molecule has 0 aliphatic heterocycles. The number of imidazole rings is 1. The predicted molar refractivity (Wildman–Crippen MR) is 136 cm³/mol. The normalized spacial score (nSPS) is 11.2. The number of nitrogens with zero attached hydrogens (tertiary/aromatic N) is 3. The van der Waals surface area contributed by atoms with E-state index in [9.17, 15) is 5.26 Å². The first-order chi connectivity index (χ1) is 16.6. The van der Waals surface area contributed by atoms with E-state index < -0.39 is 0 Å². The molecular weight excluding hydrogens is 422 g/mol. The third-order valence-corrected chi connectivity index (χ3v) is 5.89. The van der Waals surface area contributed by atoms with Crippen molar-refractivity contribution in [2.75, 3.05) is 14.2 Å². The van der Waals surface area contributed by atoms with E-state index >= 15 is 0 Å². The molecule has 5 rings (SSSR count). The van der Waals surface area contributed by atoms with Gasteiger partial charge in [-0.15, -0.1) is 0 Å². The minimum atomic E-state index is 0.526. The maximum atomic E-state index is 10.1. The van der Waals surface area contributed by atoms with Crippen LogP contribution in [0, 0.1) is 18.3 Å². The van der Waals surface area contributed by atoms with Crippen LogP contribution in [0.15, 0.2) is 72.8 Å². The number of pyridine rings is 1. The predicted octanol–water partition coefficient (Wildman–Crippen LogP) is 6.52. The number of aromatic nitrogens is 2. The van der Waals surface area contributed by atoms with Gasteiger partial charge in [0.15, 0.2) is 5.65 Å². The van der Waals surface area contributed by atoms with Crippen LogP contribution in [0.25, 0.3) is 40.1 Å². The van der Waals surface area contributed by atoms with E-state index in [1.54, 1.807) is 14.2 Å². The van der Waals surface area contributed by atoms with Gasteiger partial charge in [0, 0.05) is 6.07 Å². The molecule has 0 saturated carbocycles. The zero-order valence-corrected chi connectivity index (χ0v) is 19.2. The summed E-state index contributed by atoms with van der Waals surface area (Å²) in [6, 6.07) is 26.5. The average molecular weight is 446 g/mol. The van der Waals surface area contributed by atoms with Gasteiger partial charge in [-0.3, -0.25) is 4.40 Å². The van der Waals surface area contributed by atoms with Gasteiger partial charge in [-0.1, -0.05) is 54.1 Å². The Morgan fingerprint density at radius 1 is 0.882 bits per heavy atom. The topological polar surface area (TPSA) is 59.5 Å². The number of ether oxygens (including phenoxy) is 2. The van der Waals surface area contributed by atoms with Gasteiger partial charge in [-0.25, -0.2) is 4.98 Å². The zero-order chi connectivity index (χ0) is 23.7. The summed E-state index contributed by atoms with van der Waals surface area (Å²) >= 11 is 0. The summed E-state index contributed by atoms with van der Waals surface area (Å²) < 4.78 is 12.9. The number of rotatable bonds is 5. The number of methoxy groups -OCH3 is 2. The quantitative estimate of drug-likeness (QED) is 0.309. The Bertz CT molecular complexity index is 1570. The van der Waals surface area contributed by atoms with Crippen molar-refractivity contribution in [1.29, 1.82) is 5.26 Å². The highest BCUT2D eigenvalue weighted by molar-refractivity contribution is 5.89. The van der Waals surface area contributed by atoms with Crippen molar-refractivity contribution < 1.29 is 9.47 Å². The van der Waals surface area contributed by atoms with Gasteiger partial charge < -0.3 is 9.47 Å². The Labute approximate surface area is 198 Å². The number of fused-ring (bicyclic) bond motifs is 3. The van der Waals surface area contributed by atoms with Crippen molar-refractivity contribution in [2.45, 2.75) is 6.92 Å². The lowest BCUT2D eigenvalue weighted by Gasteiger charge is -2.11. The molecule has 2 heterocycles. The molecule has 0 spiro atoms. The van der Waals surface area contributed by atoms with Crippen LogP contribution in [-0.4, -0.2) is 23.6 Å². The molecule has 0 aliphatic rings. The van der Waals surface area contributed by atoms with E-state index in [-0.39, 0.29) is 0 Å². The molecule has 2 aromatic heterocycles. The number of aryl methyl sites for hydroxylation is 1. The zero-order valence-electron chi connectivity index (χ0n) is 19.2. The summed E-state index contributed by atoms with van der Waals surface area (Å²) in [5.41, 5.74) is 7.92. The molecule has 0 atom stereocenters. The summed E-state index contributed by atoms with van der Waals surface area (Å²) in [6.45, 7) is 2.07. The molecule has 34 heavy (non-hydrogen) atoms. The largest absolute Gasteiger partial charge is 0.497 e. The molecule has 166 valence electrons. The molecule has 5 aromatic rings. The van der Waals surface area contributed by atoms with E-state index in [4.69, 9.17) is 14.5 Å². The SMILES string of the molecule is COc1cc(C=Cc2cc(-c3ccc(C)cc3)n3c(nc4ccccc43)c2C#N)cc(OC)c1. The van der Waals surface area contributed by atoms with Crippen LogP contribution < -0.4 is 9.47 Å². The summed E-state index contributed by atoms with van der Waals surface area (Å²) in [6.07, 6.45) is 3.91. The lowest BCUT2D eigenvalue weighted by molar-refractivity contribution is 0.394. The molecule has 0 bridgehead atoms. The lowest BCUT2D eigenvalue weighted by atomic mass is 10.0. The molecule has 0 amide bonds. The first kappa shape index (κ1) is 21.3. The van der Waals surface area contributed by atoms with Gasteiger partial charge in [0.2, 0.25) is 0 Å². The van der Waals surface area contributed by atoms with E-state index in [0.29, 0.717) is 22.7 Å². The third kappa shape index (κ3) is 3.76. The Morgan fingerprint density at radius 3 is 2.26 bits per heavy atom. The van der Waals surface area contributed by atoms with Crippen molar-refractivity contribution in [2.24, 2.45) is 0 Å². The summed E-state index contributed by atoms with van der Waals surface area (Å²) in [5, 5.41) is 10.1. The van der Waals surface area contributed by atoms with Crippen molar-refractivity contribution in [3.8, 4) is 28.8 Å². The Morgan fingerprint density at radius 2 is 1.59 bits per heavy atom. The molecular formula is C29H23N3O2. The number of hydrogen-bond acceptors (Lipinski definition) is 4. The second kappa shape index (κ2) is 8.76. The smallest absolute Gasteiger partial charge is 0.157 e. The monoisotopic (exact) mass is 445 g/mol. The van der Waals surface area contributed by atoms with Gasteiger partial charge in [0.05, 0.1) is 30.9 Å². The summed E-state index contributed by atoms with van der Waals surface area (Å²) in [5.74, 6) is 1.41. The van der Waals surface area contributed by atoms with Gasteiger partial charge in [-0.2, -0.15) is 5.26 Å². The number of hydrogen-bond donors (Lipinski definition) is 0. The Kier molecular flexibility index (Phi) is 5.49. The lowest BCUT2D eigenvalue weighted by Crippen LogP contribution is -1.98. The minimum Gasteiger partial charge on any atom is -0.497 e. The van der Waals surface area contributed by atoms with Crippen LogP contribution in [-0.2, 0) is 0 Å². The Hall–Kier alpha value is -4.56. The van der Waals surface area contributed by atoms with Crippen LogP contribution in [0.5, 0.6) is 11.5 Å². The standard InChI is InChI=1S/C29H23N3O2/c1-19-8-11-21(12-9-19)28-16-22(13-10-20-14-23(33-2)17-24(15-20)34-3)25(18-30)29-31-26-6-4-5-7-27(26)32(28)29/h4-17H,1-3H3. The highest BCUT2D eigenvalue weighted by Gasteiger charge is 2.17.